The Kier molecular flexibility index (Phi) is 3.93. The van der Waals surface area contributed by atoms with Crippen LogP contribution in [0.5, 0.6) is 0 Å². The van der Waals surface area contributed by atoms with Crippen LogP contribution in [0.4, 0.5) is 11.8 Å². The fraction of sp³-hybridized carbons (Fsp3) is 0.0769. The van der Waals surface area contributed by atoms with E-state index in [0.717, 1.165) is 5.56 Å². The maximum atomic E-state index is 6.20. The van der Waals surface area contributed by atoms with Crippen molar-refractivity contribution >= 4 is 52.1 Å². The Bertz CT molecular complexity index is 914. The summed E-state index contributed by atoms with van der Waals surface area (Å²) in [6.07, 6.45) is 1.59. The van der Waals surface area contributed by atoms with Crippen LogP contribution < -0.4 is 17.2 Å². The molecule has 0 aliphatic carbocycles. The fourth-order valence-electron chi connectivity index (χ4n) is 2.10. The number of benzene rings is 1. The molecule has 2 aromatic heterocycles. The van der Waals surface area contributed by atoms with E-state index < -0.39 is 0 Å². The van der Waals surface area contributed by atoms with E-state index in [9.17, 15) is 0 Å². The Hall–Kier alpha value is -2.58. The van der Waals surface area contributed by atoms with Crippen molar-refractivity contribution in [2.75, 3.05) is 5.73 Å². The zero-order valence-electron chi connectivity index (χ0n) is 11.7. The summed E-state index contributed by atoms with van der Waals surface area (Å²) < 4.78 is 1.77. The number of fused-ring (bicyclic) bond motifs is 1. The minimum absolute atomic E-state index is 0.0430. The number of nitrogen functional groups attached to an aromatic ring is 1. The number of aliphatic imine (C=N–C) groups is 1. The highest BCUT2D eigenvalue weighted by molar-refractivity contribution is 6.35. The van der Waals surface area contributed by atoms with Crippen LogP contribution in [0.1, 0.15) is 5.56 Å². The van der Waals surface area contributed by atoms with E-state index in [-0.39, 0.29) is 17.7 Å². The van der Waals surface area contributed by atoms with Crippen molar-refractivity contribution in [2.45, 2.75) is 6.54 Å². The minimum atomic E-state index is -0.139. The summed E-state index contributed by atoms with van der Waals surface area (Å²) in [7, 11) is 0. The number of aromatic nitrogens is 4. The van der Waals surface area contributed by atoms with Crippen LogP contribution in [-0.2, 0) is 6.54 Å². The molecule has 1 aromatic carbocycles. The van der Waals surface area contributed by atoms with Gasteiger partial charge in [0.1, 0.15) is 0 Å². The number of hydrogen-bond donors (Lipinski definition) is 3. The number of guanidine groups is 1. The van der Waals surface area contributed by atoms with Crippen molar-refractivity contribution in [3.63, 3.8) is 0 Å². The molecule has 0 fully saturated rings. The average Bonchev–Trinajstić information content (AvgIpc) is 2.84. The highest BCUT2D eigenvalue weighted by Crippen LogP contribution is 2.25. The standard InChI is InChI=1S/C13H12Cl2N8/c14-7-2-1-6(8(15)3-7)4-23-5-19-9-10(20-12(16)17)21-13(18)22-11(9)23/h1-3,5H,4H2,(H6,16,17,18,20,21,22). The summed E-state index contributed by atoms with van der Waals surface area (Å²) in [5.41, 5.74) is 18.3. The van der Waals surface area contributed by atoms with Gasteiger partial charge in [-0.2, -0.15) is 15.0 Å². The fourth-order valence-corrected chi connectivity index (χ4v) is 2.56. The molecule has 2 heterocycles. The lowest BCUT2D eigenvalue weighted by Gasteiger charge is -2.07. The van der Waals surface area contributed by atoms with E-state index >= 15 is 0 Å². The lowest BCUT2D eigenvalue weighted by molar-refractivity contribution is 0.814. The maximum Gasteiger partial charge on any atom is 0.224 e. The molecule has 6 N–H and O–H groups in total. The third kappa shape index (κ3) is 3.13. The summed E-state index contributed by atoms with van der Waals surface area (Å²) in [5, 5.41) is 1.11. The summed E-state index contributed by atoms with van der Waals surface area (Å²) in [6.45, 7) is 0.435. The van der Waals surface area contributed by atoms with Crippen molar-refractivity contribution in [1.29, 1.82) is 0 Å². The van der Waals surface area contributed by atoms with Crippen molar-refractivity contribution in [3.05, 3.63) is 40.1 Å². The second-order valence-corrected chi connectivity index (χ2v) is 5.57. The van der Waals surface area contributed by atoms with Crippen LogP contribution in [0.3, 0.4) is 0 Å². The number of imidazole rings is 1. The van der Waals surface area contributed by atoms with Crippen LogP contribution >= 0.6 is 23.2 Å². The molecule has 3 aromatic rings. The Labute approximate surface area is 140 Å². The minimum Gasteiger partial charge on any atom is -0.370 e. The Morgan fingerprint density at radius 1 is 1.22 bits per heavy atom. The molecular formula is C13H12Cl2N8. The summed E-state index contributed by atoms with van der Waals surface area (Å²) in [4.78, 5) is 16.4. The number of halogens is 2. The smallest absolute Gasteiger partial charge is 0.224 e. The van der Waals surface area contributed by atoms with Crippen LogP contribution in [0.25, 0.3) is 11.2 Å². The predicted molar refractivity (Wildman–Crippen MR) is 90.8 cm³/mol. The lowest BCUT2D eigenvalue weighted by atomic mass is 10.2. The molecule has 23 heavy (non-hydrogen) atoms. The first-order valence-electron chi connectivity index (χ1n) is 6.46. The van der Waals surface area contributed by atoms with Gasteiger partial charge >= 0.3 is 0 Å². The Morgan fingerprint density at radius 2 is 2.00 bits per heavy atom. The average molecular weight is 351 g/mol. The van der Waals surface area contributed by atoms with E-state index in [1.807, 2.05) is 6.07 Å². The number of hydrogen-bond acceptors (Lipinski definition) is 5. The van der Waals surface area contributed by atoms with Gasteiger partial charge in [0, 0.05) is 10.0 Å². The van der Waals surface area contributed by atoms with Gasteiger partial charge in [-0.05, 0) is 17.7 Å². The van der Waals surface area contributed by atoms with E-state index in [0.29, 0.717) is 27.8 Å². The van der Waals surface area contributed by atoms with E-state index in [1.54, 1.807) is 23.0 Å². The number of rotatable bonds is 3. The monoisotopic (exact) mass is 350 g/mol. The highest BCUT2D eigenvalue weighted by atomic mass is 35.5. The molecule has 0 unspecified atom stereocenters. The molecule has 0 saturated heterocycles. The molecular weight excluding hydrogens is 339 g/mol. The van der Waals surface area contributed by atoms with Crippen molar-refractivity contribution < 1.29 is 0 Å². The molecule has 0 aliphatic rings. The summed E-state index contributed by atoms with van der Waals surface area (Å²) in [5.74, 6) is 0.120. The van der Waals surface area contributed by atoms with Gasteiger partial charge in [-0.1, -0.05) is 29.3 Å². The van der Waals surface area contributed by atoms with Gasteiger partial charge < -0.3 is 21.8 Å². The Balaban J connectivity index is 2.09. The number of anilines is 1. The van der Waals surface area contributed by atoms with Gasteiger partial charge in [0.05, 0.1) is 12.9 Å². The predicted octanol–water partition coefficient (Wildman–Crippen LogP) is 1.67. The van der Waals surface area contributed by atoms with Crippen molar-refractivity contribution in [1.82, 2.24) is 19.5 Å². The van der Waals surface area contributed by atoms with E-state index in [4.69, 9.17) is 40.4 Å². The van der Waals surface area contributed by atoms with Crippen molar-refractivity contribution in [3.8, 4) is 0 Å². The second kappa shape index (κ2) is 5.90. The van der Waals surface area contributed by atoms with E-state index in [1.165, 1.54) is 0 Å². The zero-order valence-corrected chi connectivity index (χ0v) is 13.3. The normalized spacial score (nSPS) is 10.9. The van der Waals surface area contributed by atoms with Crippen molar-refractivity contribution in [2.24, 2.45) is 16.5 Å². The molecule has 0 saturated carbocycles. The molecule has 8 nitrogen and oxygen atoms in total. The van der Waals surface area contributed by atoms with E-state index in [2.05, 4.69) is 19.9 Å². The quantitative estimate of drug-likeness (QED) is 0.485. The number of nitrogens with two attached hydrogens (primary N) is 3. The first kappa shape index (κ1) is 15.3. The highest BCUT2D eigenvalue weighted by Gasteiger charge is 2.13. The first-order chi connectivity index (χ1) is 10.9. The van der Waals surface area contributed by atoms with Gasteiger partial charge in [0.25, 0.3) is 0 Å². The van der Waals surface area contributed by atoms with Gasteiger partial charge in [0.15, 0.2) is 22.9 Å². The van der Waals surface area contributed by atoms with Gasteiger partial charge in [-0.25, -0.2) is 4.98 Å². The first-order valence-corrected chi connectivity index (χ1v) is 7.21. The van der Waals surface area contributed by atoms with Crippen LogP contribution in [0, 0.1) is 0 Å². The molecule has 10 heteroatoms. The van der Waals surface area contributed by atoms with Gasteiger partial charge in [0.2, 0.25) is 5.95 Å². The molecule has 0 amide bonds. The summed E-state index contributed by atoms with van der Waals surface area (Å²) >= 11 is 12.1. The van der Waals surface area contributed by atoms with Crippen LogP contribution in [0.15, 0.2) is 29.5 Å². The molecule has 0 radical (unpaired) electrons. The molecule has 118 valence electrons. The second-order valence-electron chi connectivity index (χ2n) is 4.72. The molecule has 0 spiro atoms. The summed E-state index contributed by atoms with van der Waals surface area (Å²) in [6, 6.07) is 5.26. The molecule has 0 bridgehead atoms. The molecule has 0 aliphatic heterocycles. The molecule has 0 atom stereocenters. The maximum absolute atomic E-state index is 6.20. The van der Waals surface area contributed by atoms with Gasteiger partial charge in [-0.3, -0.25) is 0 Å². The topological polar surface area (TPSA) is 134 Å². The zero-order chi connectivity index (χ0) is 16.6. The SMILES string of the molecule is NC(N)=Nc1nc(N)nc2c1ncn2Cc1ccc(Cl)cc1Cl. The third-order valence-electron chi connectivity index (χ3n) is 3.05. The lowest BCUT2D eigenvalue weighted by Crippen LogP contribution is -2.22. The van der Waals surface area contributed by atoms with Gasteiger partial charge in [-0.15, -0.1) is 0 Å². The molecule has 3 rings (SSSR count). The van der Waals surface area contributed by atoms with Crippen LogP contribution in [-0.4, -0.2) is 25.5 Å². The van der Waals surface area contributed by atoms with Crippen LogP contribution in [0.2, 0.25) is 10.0 Å². The number of nitrogens with zero attached hydrogens (tertiary/aromatic N) is 5. The largest absolute Gasteiger partial charge is 0.370 e. The Morgan fingerprint density at radius 3 is 2.70 bits per heavy atom. The third-order valence-corrected chi connectivity index (χ3v) is 3.64.